The lowest BCUT2D eigenvalue weighted by Gasteiger charge is -2.15. The molecule has 3 aromatic heterocycles. The summed E-state index contributed by atoms with van der Waals surface area (Å²) in [6.07, 6.45) is 7.66. The number of nitrogens with one attached hydrogen (secondary N) is 1. The van der Waals surface area contributed by atoms with E-state index in [4.69, 9.17) is 9.72 Å². The van der Waals surface area contributed by atoms with Gasteiger partial charge in [0.2, 0.25) is 0 Å². The first-order chi connectivity index (χ1) is 17.1. The molecule has 0 spiro atoms. The van der Waals surface area contributed by atoms with Crippen molar-refractivity contribution in [3.05, 3.63) is 85.0 Å². The third-order valence-electron chi connectivity index (χ3n) is 5.51. The van der Waals surface area contributed by atoms with E-state index in [0.29, 0.717) is 53.4 Å². The van der Waals surface area contributed by atoms with Gasteiger partial charge in [0, 0.05) is 61.3 Å². The molecule has 5 aromatic rings. The average molecular weight is 472 g/mol. The molecule has 7 nitrogen and oxygen atoms in total. The van der Waals surface area contributed by atoms with E-state index in [1.807, 2.05) is 29.1 Å². The number of ether oxygens (including phenoxy) is 1. The molecule has 0 aliphatic rings. The van der Waals surface area contributed by atoms with Crippen LogP contribution in [0.2, 0.25) is 0 Å². The summed E-state index contributed by atoms with van der Waals surface area (Å²) in [5.41, 5.74) is 1.90. The Bertz CT molecular complexity index is 1460. The summed E-state index contributed by atoms with van der Waals surface area (Å²) in [6.45, 7) is 1.06. The molecule has 2 aromatic carbocycles. The minimum Gasteiger partial charge on any atom is -0.491 e. The summed E-state index contributed by atoms with van der Waals surface area (Å²) in [4.78, 5) is 13.6. The van der Waals surface area contributed by atoms with Gasteiger partial charge < -0.3 is 10.1 Å². The lowest BCUT2D eigenvalue weighted by atomic mass is 10.0. The van der Waals surface area contributed by atoms with Crippen LogP contribution >= 0.6 is 0 Å². The smallest absolute Gasteiger partial charge is 0.163 e. The maximum Gasteiger partial charge on any atom is 0.163 e. The Balaban J connectivity index is 1.61. The summed E-state index contributed by atoms with van der Waals surface area (Å²) >= 11 is 0. The second kappa shape index (κ2) is 9.84. The van der Waals surface area contributed by atoms with Crippen LogP contribution in [0.5, 0.6) is 5.75 Å². The first-order valence-corrected chi connectivity index (χ1v) is 11.1. The first kappa shape index (κ1) is 22.4. The summed E-state index contributed by atoms with van der Waals surface area (Å²) in [6, 6.07) is 12.3. The van der Waals surface area contributed by atoms with Gasteiger partial charge in [0.05, 0.1) is 6.61 Å². The van der Waals surface area contributed by atoms with Crippen LogP contribution in [0, 0.1) is 11.6 Å². The summed E-state index contributed by atoms with van der Waals surface area (Å²) < 4.78 is 36.6. The lowest BCUT2D eigenvalue weighted by Crippen LogP contribution is -2.06. The van der Waals surface area contributed by atoms with Crippen LogP contribution in [0.3, 0.4) is 0 Å². The molecule has 35 heavy (non-hydrogen) atoms. The Morgan fingerprint density at radius 2 is 1.91 bits per heavy atom. The maximum atomic E-state index is 14.6. The molecule has 0 bridgehead atoms. The van der Waals surface area contributed by atoms with E-state index in [1.54, 1.807) is 37.8 Å². The number of aromatic nitrogens is 5. The predicted octanol–water partition coefficient (Wildman–Crippen LogP) is 5.34. The monoisotopic (exact) mass is 472 g/mol. The van der Waals surface area contributed by atoms with Gasteiger partial charge in [-0.1, -0.05) is 0 Å². The lowest BCUT2D eigenvalue weighted by molar-refractivity contribution is 0.301. The van der Waals surface area contributed by atoms with Crippen LogP contribution in [0.15, 0.2) is 73.3 Å². The van der Waals surface area contributed by atoms with Gasteiger partial charge in [-0.25, -0.2) is 18.7 Å². The number of anilines is 1. The molecular formula is C26H22F2N6O. The summed E-state index contributed by atoms with van der Waals surface area (Å²) in [5, 5.41) is 7.92. The zero-order chi connectivity index (χ0) is 24.2. The molecule has 0 saturated carbocycles. The number of rotatable bonds is 8. The Morgan fingerprint density at radius 3 is 2.69 bits per heavy atom. The molecule has 0 atom stereocenters. The van der Waals surface area contributed by atoms with Gasteiger partial charge in [-0.3, -0.25) is 9.67 Å². The van der Waals surface area contributed by atoms with Crippen molar-refractivity contribution in [3.63, 3.8) is 0 Å². The minimum absolute atomic E-state index is 0.131. The van der Waals surface area contributed by atoms with Gasteiger partial charge in [-0.15, -0.1) is 0 Å². The molecule has 0 aliphatic carbocycles. The highest BCUT2D eigenvalue weighted by Gasteiger charge is 2.17. The first-order valence-electron chi connectivity index (χ1n) is 11.1. The topological polar surface area (TPSA) is 77.8 Å². The van der Waals surface area contributed by atoms with Crippen molar-refractivity contribution in [2.24, 2.45) is 0 Å². The number of aryl methyl sites for hydroxylation is 1. The Labute approximate surface area is 200 Å². The van der Waals surface area contributed by atoms with E-state index in [2.05, 4.69) is 20.4 Å². The van der Waals surface area contributed by atoms with Crippen LogP contribution in [-0.2, 0) is 6.54 Å². The number of hydrogen-bond donors (Lipinski definition) is 1. The van der Waals surface area contributed by atoms with Crippen LogP contribution in [0.25, 0.3) is 33.4 Å². The zero-order valence-electron chi connectivity index (χ0n) is 18.9. The minimum atomic E-state index is -0.533. The average Bonchev–Trinajstić information content (AvgIpc) is 3.41. The number of halogens is 2. The number of benzene rings is 2. The Kier molecular flexibility index (Phi) is 6.30. The van der Waals surface area contributed by atoms with Crippen molar-refractivity contribution in [3.8, 4) is 28.3 Å². The highest BCUT2D eigenvalue weighted by Crippen LogP contribution is 2.37. The van der Waals surface area contributed by atoms with E-state index >= 15 is 0 Å². The second-order valence-corrected chi connectivity index (χ2v) is 7.85. The van der Waals surface area contributed by atoms with Crippen molar-refractivity contribution in [1.82, 2.24) is 24.7 Å². The van der Waals surface area contributed by atoms with Crippen molar-refractivity contribution in [1.29, 1.82) is 0 Å². The van der Waals surface area contributed by atoms with Crippen molar-refractivity contribution < 1.29 is 13.5 Å². The van der Waals surface area contributed by atoms with Crippen molar-refractivity contribution in [2.75, 3.05) is 19.0 Å². The SMILES string of the molecule is CNc1nc(-c2cccnc2)nc2c(OCCCn3cccn3)cc(-c3cc(F)ccc3F)cc12. The molecule has 176 valence electrons. The third kappa shape index (κ3) is 4.79. The van der Waals surface area contributed by atoms with Crippen LogP contribution in [0.1, 0.15) is 6.42 Å². The fraction of sp³-hybridized carbons (Fsp3) is 0.154. The van der Waals surface area contributed by atoms with Gasteiger partial charge in [-0.2, -0.15) is 5.10 Å². The standard InChI is InChI=1S/C26H22F2N6O/c1-29-26-21-13-18(20-15-19(27)6-7-22(20)28)14-23(35-12-4-11-34-10-3-9-31-34)24(21)32-25(33-26)17-5-2-8-30-16-17/h2-3,5-10,13-16H,4,11-12H2,1H3,(H,29,32,33). The predicted molar refractivity (Wildman–Crippen MR) is 130 cm³/mol. The molecule has 9 heteroatoms. The fourth-order valence-electron chi connectivity index (χ4n) is 3.84. The fourth-order valence-corrected chi connectivity index (χ4v) is 3.84. The van der Waals surface area contributed by atoms with E-state index in [0.717, 1.165) is 17.7 Å². The quantitative estimate of drug-likeness (QED) is 0.307. The van der Waals surface area contributed by atoms with E-state index < -0.39 is 11.6 Å². The highest BCUT2D eigenvalue weighted by atomic mass is 19.1. The number of nitrogens with zero attached hydrogens (tertiary/aromatic N) is 5. The summed E-state index contributed by atoms with van der Waals surface area (Å²) in [7, 11) is 1.74. The molecule has 0 amide bonds. The molecule has 0 radical (unpaired) electrons. The number of hydrogen-bond acceptors (Lipinski definition) is 6. The van der Waals surface area contributed by atoms with E-state index in [-0.39, 0.29) is 5.56 Å². The molecular weight excluding hydrogens is 450 g/mol. The van der Waals surface area contributed by atoms with Gasteiger partial charge in [0.15, 0.2) is 5.82 Å². The molecule has 0 saturated heterocycles. The summed E-state index contributed by atoms with van der Waals surface area (Å²) in [5.74, 6) is 0.398. The number of pyridine rings is 1. The van der Waals surface area contributed by atoms with Crippen LogP contribution < -0.4 is 10.1 Å². The van der Waals surface area contributed by atoms with Crippen molar-refractivity contribution >= 4 is 16.7 Å². The zero-order valence-corrected chi connectivity index (χ0v) is 18.9. The normalized spacial score (nSPS) is 11.1. The van der Waals surface area contributed by atoms with Crippen LogP contribution in [-0.4, -0.2) is 38.4 Å². The molecule has 5 rings (SSSR count). The van der Waals surface area contributed by atoms with Crippen molar-refractivity contribution in [2.45, 2.75) is 13.0 Å². The largest absolute Gasteiger partial charge is 0.491 e. The highest BCUT2D eigenvalue weighted by molar-refractivity contribution is 5.97. The number of fused-ring (bicyclic) bond motifs is 1. The van der Waals surface area contributed by atoms with Gasteiger partial charge in [0.1, 0.15) is 28.7 Å². The molecule has 0 unspecified atom stereocenters. The molecule has 3 heterocycles. The van der Waals surface area contributed by atoms with E-state index in [1.165, 1.54) is 6.07 Å². The second-order valence-electron chi connectivity index (χ2n) is 7.85. The Hall–Kier alpha value is -4.40. The van der Waals surface area contributed by atoms with E-state index in [9.17, 15) is 8.78 Å². The third-order valence-corrected chi connectivity index (χ3v) is 5.51. The molecule has 0 fully saturated rings. The Morgan fingerprint density at radius 1 is 1.00 bits per heavy atom. The van der Waals surface area contributed by atoms with Crippen LogP contribution in [0.4, 0.5) is 14.6 Å². The molecule has 0 aliphatic heterocycles. The van der Waals surface area contributed by atoms with Gasteiger partial charge in [0.25, 0.3) is 0 Å². The van der Waals surface area contributed by atoms with Gasteiger partial charge >= 0.3 is 0 Å². The maximum absolute atomic E-state index is 14.6. The van der Waals surface area contributed by atoms with Gasteiger partial charge in [-0.05, 0) is 54.1 Å². The molecule has 1 N–H and O–H groups in total.